The SMILES string of the molecule is Cc1ccc2occ(/C=C/C(=O)N3CCc4[nH]nc(-c5ccc(Cl)cc5)c4C3)c(=O)c2c1. The molecule has 6 nitrogen and oxygen atoms in total. The monoisotopic (exact) mass is 445 g/mol. The highest BCUT2D eigenvalue weighted by Gasteiger charge is 2.24. The molecular weight excluding hydrogens is 426 g/mol. The molecule has 1 aliphatic heterocycles. The second-order valence-corrected chi connectivity index (χ2v) is 8.34. The second kappa shape index (κ2) is 8.13. The summed E-state index contributed by atoms with van der Waals surface area (Å²) in [6.45, 7) is 2.94. The van der Waals surface area contributed by atoms with E-state index < -0.39 is 0 Å². The Labute approximate surface area is 189 Å². The van der Waals surface area contributed by atoms with E-state index >= 15 is 0 Å². The van der Waals surface area contributed by atoms with Crippen LogP contribution in [0, 0.1) is 6.92 Å². The van der Waals surface area contributed by atoms with Crippen LogP contribution in [0.3, 0.4) is 0 Å². The Balaban J connectivity index is 1.38. The molecule has 0 atom stereocenters. The first-order valence-electron chi connectivity index (χ1n) is 10.3. The van der Waals surface area contributed by atoms with E-state index in [1.807, 2.05) is 37.3 Å². The number of halogens is 1. The Morgan fingerprint density at radius 2 is 2.03 bits per heavy atom. The van der Waals surface area contributed by atoms with Crippen LogP contribution in [0.5, 0.6) is 0 Å². The van der Waals surface area contributed by atoms with Crippen molar-refractivity contribution in [2.75, 3.05) is 6.54 Å². The van der Waals surface area contributed by atoms with Crippen LogP contribution in [0.4, 0.5) is 0 Å². The van der Waals surface area contributed by atoms with Gasteiger partial charge in [0.1, 0.15) is 11.8 Å². The van der Waals surface area contributed by atoms with Crippen molar-refractivity contribution in [2.24, 2.45) is 0 Å². The number of benzene rings is 2. The number of carbonyl (C=O) groups is 1. The maximum Gasteiger partial charge on any atom is 0.246 e. The van der Waals surface area contributed by atoms with Crippen LogP contribution >= 0.6 is 11.6 Å². The quantitative estimate of drug-likeness (QED) is 0.462. The summed E-state index contributed by atoms with van der Waals surface area (Å²) in [7, 11) is 0. The van der Waals surface area contributed by atoms with E-state index in [2.05, 4.69) is 10.2 Å². The molecule has 0 unspecified atom stereocenters. The zero-order valence-electron chi connectivity index (χ0n) is 17.4. The number of aromatic nitrogens is 2. The fraction of sp³-hybridized carbons (Fsp3) is 0.160. The van der Waals surface area contributed by atoms with Gasteiger partial charge < -0.3 is 9.32 Å². The minimum atomic E-state index is -0.164. The average Bonchev–Trinajstić information content (AvgIpc) is 3.22. The van der Waals surface area contributed by atoms with Crippen LogP contribution in [-0.2, 0) is 17.8 Å². The zero-order chi connectivity index (χ0) is 22.2. The second-order valence-electron chi connectivity index (χ2n) is 7.90. The van der Waals surface area contributed by atoms with Crippen LogP contribution in [-0.4, -0.2) is 27.5 Å². The van der Waals surface area contributed by atoms with Crippen LogP contribution < -0.4 is 5.43 Å². The lowest BCUT2D eigenvalue weighted by molar-refractivity contribution is -0.126. The molecule has 160 valence electrons. The summed E-state index contributed by atoms with van der Waals surface area (Å²) < 4.78 is 5.57. The number of carbonyl (C=O) groups excluding carboxylic acids is 1. The maximum absolute atomic E-state index is 12.9. The highest BCUT2D eigenvalue weighted by molar-refractivity contribution is 6.30. The number of aromatic amines is 1. The van der Waals surface area contributed by atoms with Gasteiger partial charge in [0, 0.05) is 47.4 Å². The minimum absolute atomic E-state index is 0.153. The fourth-order valence-corrected chi connectivity index (χ4v) is 4.10. The first-order valence-corrected chi connectivity index (χ1v) is 10.7. The molecule has 0 bridgehead atoms. The van der Waals surface area contributed by atoms with Crippen molar-refractivity contribution in [1.82, 2.24) is 15.1 Å². The summed E-state index contributed by atoms with van der Waals surface area (Å²) in [6, 6.07) is 12.9. The van der Waals surface area contributed by atoms with E-state index in [9.17, 15) is 9.59 Å². The number of nitrogens with zero attached hydrogens (tertiary/aromatic N) is 2. The Kier molecular flexibility index (Phi) is 5.15. The van der Waals surface area contributed by atoms with Crippen LogP contribution in [0.25, 0.3) is 28.3 Å². The normalized spacial score (nSPS) is 13.6. The molecule has 2 aromatic carbocycles. The molecule has 0 radical (unpaired) electrons. The van der Waals surface area contributed by atoms with Gasteiger partial charge in [-0.25, -0.2) is 0 Å². The van der Waals surface area contributed by atoms with Crippen molar-refractivity contribution >= 4 is 34.6 Å². The lowest BCUT2D eigenvalue weighted by Crippen LogP contribution is -2.34. The van der Waals surface area contributed by atoms with Crippen molar-refractivity contribution in [3.63, 3.8) is 0 Å². The predicted octanol–water partition coefficient (Wildman–Crippen LogP) is 4.74. The summed E-state index contributed by atoms with van der Waals surface area (Å²) in [5, 5.41) is 8.72. The van der Waals surface area contributed by atoms with Crippen molar-refractivity contribution in [3.8, 4) is 11.3 Å². The van der Waals surface area contributed by atoms with Gasteiger partial charge in [0.25, 0.3) is 0 Å². The van der Waals surface area contributed by atoms with Crippen molar-refractivity contribution in [1.29, 1.82) is 0 Å². The largest absolute Gasteiger partial charge is 0.463 e. The van der Waals surface area contributed by atoms with Gasteiger partial charge in [-0.3, -0.25) is 14.7 Å². The summed E-state index contributed by atoms with van der Waals surface area (Å²) in [5.74, 6) is -0.164. The van der Waals surface area contributed by atoms with E-state index in [4.69, 9.17) is 16.0 Å². The first-order chi connectivity index (χ1) is 15.5. The Bertz CT molecular complexity index is 1420. The number of hydrogen-bond acceptors (Lipinski definition) is 4. The topological polar surface area (TPSA) is 79.2 Å². The Morgan fingerprint density at radius 3 is 2.84 bits per heavy atom. The number of amides is 1. The predicted molar refractivity (Wildman–Crippen MR) is 124 cm³/mol. The number of H-pyrrole nitrogens is 1. The zero-order valence-corrected chi connectivity index (χ0v) is 18.1. The molecule has 1 N–H and O–H groups in total. The molecule has 32 heavy (non-hydrogen) atoms. The number of aryl methyl sites for hydroxylation is 1. The lowest BCUT2D eigenvalue weighted by Gasteiger charge is -2.26. The standard InChI is InChI=1S/C25H20ClN3O3/c1-15-2-8-22-19(12-15)25(31)17(14-32-22)5-9-23(30)29-11-10-21-20(13-29)24(28-27-21)16-3-6-18(26)7-4-16/h2-9,12,14H,10-11,13H2,1H3,(H,27,28)/b9-5+. The summed E-state index contributed by atoms with van der Waals surface area (Å²) in [5.41, 5.74) is 5.50. The van der Waals surface area contributed by atoms with Gasteiger partial charge in [0.2, 0.25) is 5.91 Å². The smallest absolute Gasteiger partial charge is 0.246 e. The van der Waals surface area contributed by atoms with E-state index in [1.54, 1.807) is 17.0 Å². The molecule has 0 fully saturated rings. The highest BCUT2D eigenvalue weighted by atomic mass is 35.5. The first kappa shape index (κ1) is 20.3. The van der Waals surface area contributed by atoms with E-state index in [0.717, 1.165) is 28.1 Å². The molecular formula is C25H20ClN3O3. The van der Waals surface area contributed by atoms with Gasteiger partial charge in [-0.2, -0.15) is 5.10 Å². The molecule has 0 aliphatic carbocycles. The van der Waals surface area contributed by atoms with Gasteiger partial charge in [0.05, 0.1) is 16.6 Å². The minimum Gasteiger partial charge on any atom is -0.463 e. The third-order valence-corrected chi connectivity index (χ3v) is 5.98. The van der Waals surface area contributed by atoms with Gasteiger partial charge in [-0.1, -0.05) is 35.4 Å². The van der Waals surface area contributed by atoms with E-state index in [0.29, 0.717) is 41.1 Å². The third-order valence-electron chi connectivity index (χ3n) is 5.72. The maximum atomic E-state index is 12.9. The van der Waals surface area contributed by atoms with Crippen LogP contribution in [0.15, 0.2) is 64.0 Å². The summed E-state index contributed by atoms with van der Waals surface area (Å²) in [6.07, 6.45) is 5.04. The molecule has 0 saturated carbocycles. The van der Waals surface area contributed by atoms with Gasteiger partial charge in [-0.15, -0.1) is 0 Å². The van der Waals surface area contributed by atoms with E-state index in [-0.39, 0.29) is 11.3 Å². The summed E-state index contributed by atoms with van der Waals surface area (Å²) in [4.78, 5) is 27.4. The molecule has 0 spiro atoms. The number of nitrogens with one attached hydrogen (secondary N) is 1. The lowest BCUT2D eigenvalue weighted by atomic mass is 10.0. The van der Waals surface area contributed by atoms with Crippen molar-refractivity contribution in [2.45, 2.75) is 19.9 Å². The van der Waals surface area contributed by atoms with Gasteiger partial charge in [0.15, 0.2) is 5.43 Å². The Hall–Kier alpha value is -3.64. The van der Waals surface area contributed by atoms with Crippen molar-refractivity contribution in [3.05, 3.63) is 92.4 Å². The molecule has 0 saturated heterocycles. The molecule has 3 heterocycles. The average molecular weight is 446 g/mol. The molecule has 1 aliphatic rings. The Morgan fingerprint density at radius 1 is 1.22 bits per heavy atom. The number of rotatable bonds is 3. The molecule has 1 amide bonds. The molecule has 4 aromatic rings. The fourth-order valence-electron chi connectivity index (χ4n) is 3.97. The molecule has 7 heteroatoms. The number of hydrogen-bond donors (Lipinski definition) is 1. The van der Waals surface area contributed by atoms with Crippen LogP contribution in [0.2, 0.25) is 5.02 Å². The van der Waals surface area contributed by atoms with Crippen LogP contribution in [0.1, 0.15) is 22.4 Å². The van der Waals surface area contributed by atoms with E-state index in [1.165, 1.54) is 18.4 Å². The third kappa shape index (κ3) is 3.74. The van der Waals surface area contributed by atoms with Gasteiger partial charge >= 0.3 is 0 Å². The molecule has 2 aromatic heterocycles. The molecule has 5 rings (SSSR count). The summed E-state index contributed by atoms with van der Waals surface area (Å²) >= 11 is 6.00. The van der Waals surface area contributed by atoms with Crippen molar-refractivity contribution < 1.29 is 9.21 Å². The van der Waals surface area contributed by atoms with Gasteiger partial charge in [-0.05, 0) is 37.3 Å². The number of fused-ring (bicyclic) bond motifs is 2. The highest BCUT2D eigenvalue weighted by Crippen LogP contribution is 2.29.